The lowest BCUT2D eigenvalue weighted by atomic mass is 9.94. The smallest absolute Gasteiger partial charge is 0.243 e. The van der Waals surface area contributed by atoms with Gasteiger partial charge in [0.05, 0.1) is 17.7 Å². The van der Waals surface area contributed by atoms with Crippen molar-refractivity contribution in [3.63, 3.8) is 0 Å². The van der Waals surface area contributed by atoms with Crippen molar-refractivity contribution in [1.82, 2.24) is 29.7 Å². The maximum Gasteiger partial charge on any atom is 0.243 e. The molecule has 0 radical (unpaired) electrons. The average molecular weight is 445 g/mol. The average Bonchev–Trinajstić information content (AvgIpc) is 3.19. The van der Waals surface area contributed by atoms with Crippen LogP contribution in [0.15, 0.2) is 24.7 Å². The van der Waals surface area contributed by atoms with Gasteiger partial charge < -0.3 is 14.6 Å². The second kappa shape index (κ2) is 7.88. The van der Waals surface area contributed by atoms with E-state index in [0.717, 1.165) is 43.5 Å². The molecule has 1 aliphatic carbocycles. The van der Waals surface area contributed by atoms with Gasteiger partial charge in [0, 0.05) is 42.7 Å². The Labute approximate surface area is 182 Å². The lowest BCUT2D eigenvalue weighted by molar-refractivity contribution is 0.143. The van der Waals surface area contributed by atoms with E-state index in [1.807, 2.05) is 25.4 Å². The molecule has 1 saturated heterocycles. The summed E-state index contributed by atoms with van der Waals surface area (Å²) in [6, 6.07) is 2.12. The molecule has 2 fully saturated rings. The van der Waals surface area contributed by atoms with Crippen LogP contribution >= 0.6 is 0 Å². The molecule has 10 nitrogen and oxygen atoms in total. The number of hydrogen-bond donors (Lipinski definition) is 2. The van der Waals surface area contributed by atoms with Crippen molar-refractivity contribution in [3.05, 3.63) is 24.7 Å². The standard InChI is InChI=1S/C20H27N7O3S/c1-3-30-17-15(14-10-21-22-11-14)4-9-27-18(17)24-19(25-27)23-16-5-8-26(12-13(16)2)20(6-7-20)31(28)29/h4,9-11,13,16H,3,5-8,12H2,1-2H3,(H,21,22)(H,23,25)(H,28,29)/p-1/t13-,16+/m1/s1. The third kappa shape index (κ3) is 3.60. The second-order valence-corrected chi connectivity index (χ2v) is 9.56. The first-order valence-corrected chi connectivity index (χ1v) is 11.7. The highest BCUT2D eigenvalue weighted by atomic mass is 32.2. The summed E-state index contributed by atoms with van der Waals surface area (Å²) < 4.78 is 31.0. The predicted molar refractivity (Wildman–Crippen MR) is 115 cm³/mol. The number of fused-ring (bicyclic) bond motifs is 1. The van der Waals surface area contributed by atoms with Gasteiger partial charge in [0.25, 0.3) is 0 Å². The lowest BCUT2D eigenvalue weighted by Crippen LogP contribution is -2.51. The summed E-state index contributed by atoms with van der Waals surface area (Å²) in [5.74, 6) is 1.49. The van der Waals surface area contributed by atoms with Crippen LogP contribution in [0.5, 0.6) is 5.75 Å². The number of piperidine rings is 1. The highest BCUT2D eigenvalue weighted by Crippen LogP contribution is 2.46. The molecule has 3 aromatic heterocycles. The fourth-order valence-electron chi connectivity index (χ4n) is 4.49. The molecule has 4 heterocycles. The molecule has 5 rings (SSSR count). The minimum absolute atomic E-state index is 0.174. The quantitative estimate of drug-likeness (QED) is 0.531. The van der Waals surface area contributed by atoms with E-state index in [9.17, 15) is 8.76 Å². The van der Waals surface area contributed by atoms with Gasteiger partial charge in [-0.3, -0.25) is 14.2 Å². The van der Waals surface area contributed by atoms with Crippen molar-refractivity contribution in [1.29, 1.82) is 0 Å². The van der Waals surface area contributed by atoms with Gasteiger partial charge in [0.1, 0.15) is 0 Å². The van der Waals surface area contributed by atoms with Gasteiger partial charge in [-0.25, -0.2) is 4.52 Å². The Morgan fingerprint density at radius 1 is 1.45 bits per heavy atom. The van der Waals surface area contributed by atoms with Gasteiger partial charge in [-0.2, -0.15) is 10.1 Å². The van der Waals surface area contributed by atoms with E-state index >= 15 is 0 Å². The van der Waals surface area contributed by atoms with Gasteiger partial charge in [0.2, 0.25) is 5.95 Å². The van der Waals surface area contributed by atoms with E-state index in [4.69, 9.17) is 9.72 Å². The number of aromatic nitrogens is 5. The summed E-state index contributed by atoms with van der Waals surface area (Å²) in [4.78, 5) is 6.21. The molecule has 0 amide bonds. The first kappa shape index (κ1) is 20.4. The fourth-order valence-corrected chi connectivity index (χ4v) is 5.30. The van der Waals surface area contributed by atoms with Crippen LogP contribution in [0, 0.1) is 5.92 Å². The topological polar surface area (TPSA) is 123 Å². The molecule has 1 aliphatic heterocycles. The zero-order valence-electron chi connectivity index (χ0n) is 17.6. The van der Waals surface area contributed by atoms with Gasteiger partial charge in [-0.1, -0.05) is 6.92 Å². The molecular formula is C20H26N7O3S-. The van der Waals surface area contributed by atoms with Crippen LogP contribution in [0.3, 0.4) is 0 Å². The SMILES string of the molecule is CCOc1c(-c2cn[nH]c2)ccn2nc(N[C@H]3CCN(C4(S(=O)[O-])CC4)C[C@H]3C)nc12. The van der Waals surface area contributed by atoms with Gasteiger partial charge in [0.15, 0.2) is 11.4 Å². The van der Waals surface area contributed by atoms with E-state index in [1.54, 1.807) is 10.7 Å². The van der Waals surface area contributed by atoms with Crippen LogP contribution in [-0.4, -0.2) is 69.1 Å². The van der Waals surface area contributed by atoms with Gasteiger partial charge in [-0.05, 0) is 49.3 Å². The minimum Gasteiger partial charge on any atom is -0.771 e. The van der Waals surface area contributed by atoms with Crippen molar-refractivity contribution in [2.45, 2.75) is 44.0 Å². The molecule has 31 heavy (non-hydrogen) atoms. The van der Waals surface area contributed by atoms with Crippen LogP contribution in [0.1, 0.15) is 33.1 Å². The summed E-state index contributed by atoms with van der Waals surface area (Å²) in [5.41, 5.74) is 2.48. The Balaban J connectivity index is 1.37. The highest BCUT2D eigenvalue weighted by molar-refractivity contribution is 7.80. The summed E-state index contributed by atoms with van der Waals surface area (Å²) >= 11 is -2.05. The molecule has 1 unspecified atom stereocenters. The molecule has 3 aromatic rings. The third-order valence-electron chi connectivity index (χ3n) is 6.34. The van der Waals surface area contributed by atoms with Crippen LogP contribution in [0.4, 0.5) is 5.95 Å². The van der Waals surface area contributed by atoms with E-state index in [0.29, 0.717) is 24.0 Å². The molecule has 2 aliphatic rings. The van der Waals surface area contributed by atoms with E-state index in [2.05, 4.69) is 32.4 Å². The molecule has 0 spiro atoms. The Bertz CT molecular complexity index is 1100. The number of nitrogens with zero attached hydrogens (tertiary/aromatic N) is 5. The second-order valence-electron chi connectivity index (χ2n) is 8.33. The minimum atomic E-state index is -2.05. The summed E-state index contributed by atoms with van der Waals surface area (Å²) in [6.45, 7) is 6.09. The van der Waals surface area contributed by atoms with Crippen molar-refractivity contribution in [2.75, 3.05) is 25.0 Å². The first-order valence-electron chi connectivity index (χ1n) is 10.6. The summed E-state index contributed by atoms with van der Waals surface area (Å²) in [5, 5.41) is 14.9. The number of H-pyrrole nitrogens is 1. The van der Waals surface area contributed by atoms with Gasteiger partial charge >= 0.3 is 0 Å². The van der Waals surface area contributed by atoms with Crippen molar-refractivity contribution in [2.24, 2.45) is 5.92 Å². The van der Waals surface area contributed by atoms with E-state index in [1.165, 1.54) is 0 Å². The molecule has 0 aromatic carbocycles. The van der Waals surface area contributed by atoms with Crippen molar-refractivity contribution in [3.8, 4) is 16.9 Å². The number of anilines is 1. The first-order chi connectivity index (χ1) is 15.0. The monoisotopic (exact) mass is 444 g/mol. The molecule has 3 atom stereocenters. The number of pyridine rings is 1. The van der Waals surface area contributed by atoms with E-state index in [-0.39, 0.29) is 12.0 Å². The molecule has 0 bridgehead atoms. The van der Waals surface area contributed by atoms with E-state index < -0.39 is 16.0 Å². The van der Waals surface area contributed by atoms with Crippen LogP contribution < -0.4 is 10.1 Å². The third-order valence-corrected chi connectivity index (χ3v) is 7.63. The van der Waals surface area contributed by atoms with Crippen molar-refractivity contribution >= 4 is 22.7 Å². The van der Waals surface area contributed by atoms with Crippen LogP contribution in [-0.2, 0) is 11.1 Å². The zero-order valence-corrected chi connectivity index (χ0v) is 18.4. The molecule has 2 N–H and O–H groups in total. The number of hydrogen-bond acceptors (Lipinski definition) is 8. The Hall–Kier alpha value is -2.50. The summed E-state index contributed by atoms with van der Waals surface area (Å²) in [7, 11) is 0. The number of ether oxygens (including phenoxy) is 1. The maximum atomic E-state index is 11.7. The number of likely N-dealkylation sites (tertiary alicyclic amines) is 1. The normalized spacial score (nSPS) is 24.2. The molecular weight excluding hydrogens is 418 g/mol. The Morgan fingerprint density at radius 2 is 2.29 bits per heavy atom. The lowest BCUT2D eigenvalue weighted by Gasteiger charge is -2.42. The zero-order chi connectivity index (χ0) is 21.6. The molecule has 166 valence electrons. The number of nitrogens with one attached hydrogen (secondary N) is 2. The number of rotatable bonds is 7. The van der Waals surface area contributed by atoms with Crippen molar-refractivity contribution < 1.29 is 13.5 Å². The largest absolute Gasteiger partial charge is 0.771 e. The number of aromatic amines is 1. The molecule has 11 heteroatoms. The maximum absolute atomic E-state index is 11.7. The predicted octanol–water partition coefficient (Wildman–Crippen LogP) is 2.01. The molecule has 1 saturated carbocycles. The Morgan fingerprint density at radius 3 is 2.94 bits per heavy atom. The Kier molecular flexibility index (Phi) is 5.19. The fraction of sp³-hybridized carbons (Fsp3) is 0.550. The van der Waals surface area contributed by atoms with Gasteiger partial charge in [-0.15, -0.1) is 5.10 Å². The van der Waals surface area contributed by atoms with Crippen LogP contribution in [0.2, 0.25) is 0 Å². The highest BCUT2D eigenvalue weighted by Gasteiger charge is 2.51. The summed E-state index contributed by atoms with van der Waals surface area (Å²) in [6.07, 6.45) is 7.75. The van der Waals surface area contributed by atoms with Crippen LogP contribution in [0.25, 0.3) is 16.8 Å².